The van der Waals surface area contributed by atoms with E-state index in [2.05, 4.69) is 88.4 Å². The van der Waals surface area contributed by atoms with Crippen LogP contribution < -0.4 is 76.1 Å². The number of fused-ring (bicyclic) bond motifs is 1. The van der Waals surface area contributed by atoms with Gasteiger partial charge in [0.25, 0.3) is 0 Å². The standard InChI is InChI=1S/C56H91N17O14S2/c1-28(2)21-37(67-46(77)30(5)58)48(79)69-39(26-88)50(81)68-38(22-32-23-62-34-14-8-7-13-33(32)34)49(80)66-35(16-11-19-61-56(59)60)47(78)71-44(29(3)4)54(85)73-20-12-17-41(73)52(83)70-40(27-89)51(82)72-45(31(6)74)53(84)64-24-42(75)63-25-43(76)65-36(55(86)87)15-9-10-18-57/h7-8,13-14,23,28-31,35-41,44-45,62,74,88-89H,9-12,15-22,24-27,57-58H2,1-6H3,(H,63,75)(H,64,84)(H,65,76)(H,66,80)(H,67,77)(H,68,81)(H,69,79)(H,70,83)(H,71,78)(H,72,82)(H,86,87)(H4,59,60,61)/t30-,31+,35-,36-,37-,38-,39-,40-,41-,44-,45-/m0/s1. The van der Waals surface area contributed by atoms with Crippen LogP contribution in [-0.4, -0.2) is 208 Å². The summed E-state index contributed by atoms with van der Waals surface area (Å²) in [5.74, 6) is -11.7. The van der Waals surface area contributed by atoms with Gasteiger partial charge in [-0.05, 0) is 95.2 Å². The van der Waals surface area contributed by atoms with Crippen LogP contribution in [0.25, 0.3) is 10.9 Å². The van der Waals surface area contributed by atoms with Gasteiger partial charge in [0.05, 0.1) is 25.2 Å². The molecule has 0 aliphatic carbocycles. The number of H-pyrrole nitrogens is 1. The van der Waals surface area contributed by atoms with Crippen LogP contribution in [-0.2, 0) is 64.0 Å². The summed E-state index contributed by atoms with van der Waals surface area (Å²) < 4.78 is 0. The molecule has 1 aliphatic heterocycles. The van der Waals surface area contributed by atoms with Gasteiger partial charge in [0.2, 0.25) is 65.0 Å². The molecule has 1 aliphatic rings. The van der Waals surface area contributed by atoms with Crippen molar-refractivity contribution in [1.82, 2.24) is 63.1 Å². The van der Waals surface area contributed by atoms with Crippen molar-refractivity contribution in [3.05, 3.63) is 36.0 Å². The number of benzene rings is 1. The fourth-order valence-electron chi connectivity index (χ4n) is 9.40. The second kappa shape index (κ2) is 37.9. The van der Waals surface area contributed by atoms with Crippen LogP contribution in [0.1, 0.15) is 98.5 Å². The molecule has 0 saturated carbocycles. The second-order valence-corrected chi connectivity index (χ2v) is 23.2. The molecule has 1 aromatic carbocycles. The average Bonchev–Trinajstić information content (AvgIpc) is 2.05. The van der Waals surface area contributed by atoms with E-state index < -0.39 is 156 Å². The molecule has 0 bridgehead atoms. The van der Waals surface area contributed by atoms with Crippen LogP contribution in [0.4, 0.5) is 0 Å². The van der Waals surface area contributed by atoms with Gasteiger partial charge in [0, 0.05) is 48.1 Å². The summed E-state index contributed by atoms with van der Waals surface area (Å²) in [7, 11) is 0. The van der Waals surface area contributed by atoms with Gasteiger partial charge in [0.1, 0.15) is 54.4 Å². The van der Waals surface area contributed by atoms with Crippen LogP contribution in [0, 0.1) is 11.8 Å². The highest BCUT2D eigenvalue weighted by Crippen LogP contribution is 2.23. The first-order chi connectivity index (χ1) is 42.0. The van der Waals surface area contributed by atoms with Crippen molar-refractivity contribution in [2.24, 2.45) is 39.8 Å². The van der Waals surface area contributed by atoms with Crippen LogP contribution in [0.3, 0.4) is 0 Å². The highest BCUT2D eigenvalue weighted by molar-refractivity contribution is 7.80. The van der Waals surface area contributed by atoms with Crippen molar-refractivity contribution >= 4 is 113 Å². The quantitative estimate of drug-likeness (QED) is 0.0130. The molecule has 2 aromatic rings. The topological polar surface area (TPSA) is 501 Å². The number of aromatic nitrogens is 1. The first-order valence-electron chi connectivity index (χ1n) is 29.5. The largest absolute Gasteiger partial charge is 0.480 e. The van der Waals surface area contributed by atoms with Crippen molar-refractivity contribution in [2.75, 3.05) is 44.2 Å². The van der Waals surface area contributed by atoms with Gasteiger partial charge in [-0.2, -0.15) is 25.3 Å². The monoisotopic (exact) mass is 1290 g/mol. The fraction of sp³-hybridized carbons (Fsp3) is 0.625. The zero-order valence-corrected chi connectivity index (χ0v) is 52.9. The number of unbranched alkanes of at least 4 members (excludes halogenated alkanes) is 1. The number of nitrogens with two attached hydrogens (primary N) is 4. The van der Waals surface area contributed by atoms with Gasteiger partial charge in [-0.25, -0.2) is 4.79 Å². The van der Waals surface area contributed by atoms with Gasteiger partial charge in [-0.3, -0.25) is 57.7 Å². The molecular formula is C56H91N17O14S2. The Hall–Kier alpha value is -7.75. The number of hydrogen-bond acceptors (Lipinski definition) is 18. The number of hydrogen-bond donors (Lipinski definition) is 19. The number of carbonyl (C=O) groups is 12. The normalized spacial score (nSPS) is 16.3. The van der Waals surface area contributed by atoms with E-state index in [1.165, 1.54) is 18.7 Å². The summed E-state index contributed by atoms with van der Waals surface area (Å²) in [6.07, 6.45) is 1.77. The zero-order chi connectivity index (χ0) is 66.7. The molecule has 11 amide bonds. The van der Waals surface area contributed by atoms with E-state index in [4.69, 9.17) is 22.9 Å². The molecule has 1 fully saturated rings. The number of aliphatic imine (C=N–C) groups is 1. The van der Waals surface area contributed by atoms with E-state index in [0.29, 0.717) is 31.4 Å². The number of likely N-dealkylation sites (tertiary alicyclic amines) is 1. The number of amides is 11. The number of aliphatic hydroxyl groups excluding tert-OH is 1. The van der Waals surface area contributed by atoms with Gasteiger partial charge >= 0.3 is 5.97 Å². The smallest absolute Gasteiger partial charge is 0.326 e. The zero-order valence-electron chi connectivity index (χ0n) is 51.1. The Kier molecular flexibility index (Phi) is 32.2. The lowest BCUT2D eigenvalue weighted by molar-refractivity contribution is -0.143. The van der Waals surface area contributed by atoms with E-state index >= 15 is 0 Å². The summed E-state index contributed by atoms with van der Waals surface area (Å²) >= 11 is 8.56. The SMILES string of the molecule is CC(C)C[C@H](NC(=O)[C@H](C)N)C(=O)N[C@@H](CS)C(=O)N[C@@H](Cc1c[nH]c2ccccc12)C(=O)N[C@@H](CCCN=C(N)N)C(=O)N[C@H](C(=O)N1CCC[C@H]1C(=O)N[C@@H](CS)C(=O)N[C@H](C(=O)NCC(=O)NCC(=O)N[C@@H](CCCCN)C(=O)O)[C@@H](C)O)C(C)C. The van der Waals surface area contributed by atoms with Crippen molar-refractivity contribution < 1.29 is 67.7 Å². The number of thiol groups is 2. The van der Waals surface area contributed by atoms with Crippen LogP contribution in [0.5, 0.6) is 0 Å². The molecule has 496 valence electrons. The third-order valence-electron chi connectivity index (χ3n) is 14.3. The minimum Gasteiger partial charge on any atom is -0.480 e. The predicted octanol–water partition coefficient (Wildman–Crippen LogP) is -4.63. The lowest BCUT2D eigenvalue weighted by Crippen LogP contribution is -2.61. The maximum absolute atomic E-state index is 14.7. The Morgan fingerprint density at radius 1 is 0.663 bits per heavy atom. The second-order valence-electron chi connectivity index (χ2n) is 22.5. The third-order valence-corrected chi connectivity index (χ3v) is 15.0. The minimum atomic E-state index is -1.67. The molecule has 33 heteroatoms. The molecule has 1 saturated heterocycles. The number of aromatic amines is 1. The summed E-state index contributed by atoms with van der Waals surface area (Å²) in [5.41, 5.74) is 23.7. The first kappa shape index (κ1) is 75.5. The molecule has 31 nitrogen and oxygen atoms in total. The molecule has 21 N–H and O–H groups in total. The third kappa shape index (κ3) is 25.0. The fourth-order valence-corrected chi connectivity index (χ4v) is 9.92. The highest BCUT2D eigenvalue weighted by Gasteiger charge is 2.41. The van der Waals surface area contributed by atoms with Crippen LogP contribution >= 0.6 is 25.3 Å². The van der Waals surface area contributed by atoms with E-state index in [9.17, 15) is 67.7 Å². The Morgan fingerprint density at radius 2 is 1.22 bits per heavy atom. The number of carboxylic acid groups (broad SMARTS) is 1. The molecule has 0 unspecified atom stereocenters. The maximum atomic E-state index is 14.7. The van der Waals surface area contributed by atoms with Crippen LogP contribution in [0.15, 0.2) is 35.5 Å². The van der Waals surface area contributed by atoms with Crippen molar-refractivity contribution in [3.8, 4) is 0 Å². The summed E-state index contributed by atoms with van der Waals surface area (Å²) in [6.45, 7) is 8.68. The molecule has 11 atom stereocenters. The molecule has 0 radical (unpaired) electrons. The number of nitrogens with zero attached hydrogens (tertiary/aromatic N) is 2. The van der Waals surface area contributed by atoms with Crippen molar-refractivity contribution in [2.45, 2.75) is 166 Å². The molecule has 89 heavy (non-hydrogen) atoms. The number of nitrogens with one attached hydrogen (secondary N) is 11. The summed E-state index contributed by atoms with van der Waals surface area (Å²) in [4.78, 5) is 170. The number of carboxylic acids is 1. The Bertz CT molecular complexity index is 2800. The number of aliphatic carboxylic acids is 1. The highest BCUT2D eigenvalue weighted by atomic mass is 32.1. The van der Waals surface area contributed by atoms with Gasteiger partial charge in [-0.15, -0.1) is 0 Å². The minimum absolute atomic E-state index is 0.0248. The molecule has 3 rings (SSSR count). The Balaban J connectivity index is 1.81. The van der Waals surface area contributed by atoms with Gasteiger partial charge in [0.15, 0.2) is 5.96 Å². The van der Waals surface area contributed by atoms with Gasteiger partial charge < -0.3 is 96.2 Å². The maximum Gasteiger partial charge on any atom is 0.326 e. The summed E-state index contributed by atoms with van der Waals surface area (Å²) in [6, 6.07) is -5.73. The predicted molar refractivity (Wildman–Crippen MR) is 336 cm³/mol. The average molecular weight is 1290 g/mol. The van der Waals surface area contributed by atoms with E-state index in [-0.39, 0.29) is 75.0 Å². The number of para-hydroxylation sites is 1. The number of rotatable bonds is 38. The molecule has 2 heterocycles. The van der Waals surface area contributed by atoms with E-state index in [0.717, 1.165) is 10.9 Å². The van der Waals surface area contributed by atoms with Crippen LogP contribution in [0.2, 0.25) is 0 Å². The molecular weight excluding hydrogens is 1200 g/mol. The van der Waals surface area contributed by atoms with Crippen molar-refractivity contribution in [3.63, 3.8) is 0 Å². The first-order valence-corrected chi connectivity index (χ1v) is 30.8. The lowest BCUT2D eigenvalue weighted by Gasteiger charge is -2.32. The number of aliphatic hydroxyl groups is 1. The van der Waals surface area contributed by atoms with E-state index in [1.807, 2.05) is 26.0 Å². The number of guanidine groups is 1. The molecule has 1 aromatic heterocycles. The molecule has 0 spiro atoms. The van der Waals surface area contributed by atoms with Gasteiger partial charge in [-0.1, -0.05) is 45.9 Å². The van der Waals surface area contributed by atoms with Crippen molar-refractivity contribution in [1.29, 1.82) is 0 Å². The summed E-state index contributed by atoms with van der Waals surface area (Å²) in [5, 5.41) is 45.7. The lowest BCUT2D eigenvalue weighted by atomic mass is 10.00. The Morgan fingerprint density at radius 3 is 1.83 bits per heavy atom. The number of carbonyl (C=O) groups excluding carboxylic acids is 11. The van der Waals surface area contributed by atoms with E-state index in [1.54, 1.807) is 32.2 Å². The Labute approximate surface area is 527 Å².